The van der Waals surface area contributed by atoms with Crippen molar-refractivity contribution in [3.05, 3.63) is 77.2 Å². The van der Waals surface area contributed by atoms with Gasteiger partial charge in [-0.1, -0.05) is 48.0 Å². The first-order valence-electron chi connectivity index (χ1n) is 8.33. The highest BCUT2D eigenvalue weighted by atomic mass is 35.5. The van der Waals surface area contributed by atoms with Crippen LogP contribution in [0, 0.1) is 0 Å². The van der Waals surface area contributed by atoms with Crippen molar-refractivity contribution in [2.45, 2.75) is 13.0 Å². The number of hydrogen-bond donors (Lipinski definition) is 0. The molecule has 2 heterocycles. The fourth-order valence-corrected chi connectivity index (χ4v) is 3.11. The van der Waals surface area contributed by atoms with Gasteiger partial charge in [-0.15, -0.1) is 10.2 Å². The van der Waals surface area contributed by atoms with Crippen molar-refractivity contribution in [3.63, 3.8) is 0 Å². The maximum absolute atomic E-state index is 5.91. The van der Waals surface area contributed by atoms with E-state index >= 15 is 0 Å². The average Bonchev–Trinajstić information content (AvgIpc) is 3.12. The summed E-state index contributed by atoms with van der Waals surface area (Å²) in [6.07, 6.45) is 3.32. The van der Waals surface area contributed by atoms with Crippen molar-refractivity contribution in [2.24, 2.45) is 0 Å². The molecule has 0 bridgehead atoms. The summed E-state index contributed by atoms with van der Waals surface area (Å²) in [6, 6.07) is 18.0. The topological polar surface area (TPSA) is 42.2 Å². The van der Waals surface area contributed by atoms with Gasteiger partial charge in [0.25, 0.3) is 0 Å². The van der Waals surface area contributed by atoms with Gasteiger partial charge in [-0.2, -0.15) is 0 Å². The lowest BCUT2D eigenvalue weighted by Gasteiger charge is -2.25. The van der Waals surface area contributed by atoms with E-state index in [2.05, 4.69) is 45.4 Å². The van der Waals surface area contributed by atoms with Crippen LogP contribution in [-0.2, 0) is 6.54 Å². The quantitative estimate of drug-likeness (QED) is 0.684. The van der Waals surface area contributed by atoms with Gasteiger partial charge in [0.1, 0.15) is 0 Å². The average molecular weight is 352 g/mol. The van der Waals surface area contributed by atoms with Crippen LogP contribution in [0.1, 0.15) is 17.9 Å². The molecule has 0 spiro atoms. The van der Waals surface area contributed by atoms with E-state index in [-0.39, 0.29) is 0 Å². The Kier molecular flexibility index (Phi) is 4.63. The molecule has 0 saturated heterocycles. The van der Waals surface area contributed by atoms with Crippen LogP contribution in [0.15, 0.2) is 65.1 Å². The van der Waals surface area contributed by atoms with E-state index in [1.807, 2.05) is 30.3 Å². The number of benzene rings is 2. The van der Waals surface area contributed by atoms with Crippen LogP contribution in [0.2, 0.25) is 5.02 Å². The van der Waals surface area contributed by atoms with Gasteiger partial charge in [0.05, 0.1) is 6.54 Å². The highest BCUT2D eigenvalue weighted by Gasteiger charge is 2.16. The third-order valence-corrected chi connectivity index (χ3v) is 4.61. The van der Waals surface area contributed by atoms with Crippen molar-refractivity contribution in [1.29, 1.82) is 0 Å². The van der Waals surface area contributed by atoms with Crippen LogP contribution < -0.4 is 0 Å². The second-order valence-corrected chi connectivity index (χ2v) is 6.52. The summed E-state index contributed by atoms with van der Waals surface area (Å²) in [5.74, 6) is 1.17. The lowest BCUT2D eigenvalue weighted by atomic mass is 10.00. The summed E-state index contributed by atoms with van der Waals surface area (Å²) in [6.45, 7) is 2.54. The number of rotatable bonds is 4. The van der Waals surface area contributed by atoms with E-state index in [0.717, 1.165) is 25.1 Å². The molecule has 0 unspecified atom stereocenters. The molecule has 1 aliphatic heterocycles. The van der Waals surface area contributed by atoms with Crippen molar-refractivity contribution in [2.75, 3.05) is 13.1 Å². The van der Waals surface area contributed by atoms with E-state index in [1.165, 1.54) is 11.1 Å². The molecule has 0 N–H and O–H groups in total. The van der Waals surface area contributed by atoms with Crippen molar-refractivity contribution >= 4 is 17.2 Å². The van der Waals surface area contributed by atoms with Gasteiger partial charge in [-0.3, -0.25) is 4.90 Å². The Labute approximate surface area is 151 Å². The zero-order chi connectivity index (χ0) is 17.1. The van der Waals surface area contributed by atoms with Gasteiger partial charge in [0.15, 0.2) is 0 Å². The summed E-state index contributed by atoms with van der Waals surface area (Å²) < 4.78 is 5.80. The number of hydrogen-bond acceptors (Lipinski definition) is 4. The minimum absolute atomic E-state index is 0.532. The van der Waals surface area contributed by atoms with Crippen LogP contribution in [0.5, 0.6) is 0 Å². The van der Waals surface area contributed by atoms with Crippen molar-refractivity contribution in [3.8, 4) is 11.5 Å². The van der Waals surface area contributed by atoms with Gasteiger partial charge in [0, 0.05) is 23.7 Å². The molecule has 126 valence electrons. The molecule has 4 nitrogen and oxygen atoms in total. The molecule has 25 heavy (non-hydrogen) atoms. The second kappa shape index (κ2) is 7.21. The van der Waals surface area contributed by atoms with Crippen LogP contribution in [0.25, 0.3) is 17.0 Å². The van der Waals surface area contributed by atoms with E-state index in [1.54, 1.807) is 0 Å². The third kappa shape index (κ3) is 3.81. The van der Waals surface area contributed by atoms with Gasteiger partial charge in [-0.25, -0.2) is 0 Å². The highest BCUT2D eigenvalue weighted by Crippen LogP contribution is 2.24. The lowest BCUT2D eigenvalue weighted by molar-refractivity contribution is 0.263. The molecule has 1 aliphatic rings. The maximum Gasteiger partial charge on any atom is 0.247 e. The predicted octanol–water partition coefficient (Wildman–Crippen LogP) is 4.68. The standard InChI is InChI=1S/C20H18ClN3O/c21-18-8-6-17(7-9-18)20-23-22-19(25-20)14-24-12-10-16(11-13-24)15-4-2-1-3-5-15/h1-10H,11-14H2. The smallest absolute Gasteiger partial charge is 0.247 e. The summed E-state index contributed by atoms with van der Waals surface area (Å²) in [7, 11) is 0. The molecule has 3 aromatic rings. The van der Waals surface area contributed by atoms with Gasteiger partial charge in [0.2, 0.25) is 11.8 Å². The van der Waals surface area contributed by atoms with E-state index in [0.29, 0.717) is 23.3 Å². The normalized spacial score (nSPS) is 15.2. The van der Waals surface area contributed by atoms with Gasteiger partial charge < -0.3 is 4.42 Å². The summed E-state index contributed by atoms with van der Waals surface area (Å²) in [5, 5.41) is 9.01. The van der Waals surface area contributed by atoms with Crippen LogP contribution >= 0.6 is 11.6 Å². The fourth-order valence-electron chi connectivity index (χ4n) is 2.99. The Bertz CT molecular complexity index is 871. The first-order chi connectivity index (χ1) is 12.3. The van der Waals surface area contributed by atoms with Crippen molar-refractivity contribution < 1.29 is 4.42 Å². The molecule has 4 rings (SSSR count). The van der Waals surface area contributed by atoms with E-state index in [4.69, 9.17) is 16.0 Å². The van der Waals surface area contributed by atoms with E-state index < -0.39 is 0 Å². The minimum Gasteiger partial charge on any atom is -0.419 e. The second-order valence-electron chi connectivity index (χ2n) is 6.09. The number of nitrogens with zero attached hydrogens (tertiary/aromatic N) is 3. The first kappa shape index (κ1) is 16.1. The van der Waals surface area contributed by atoms with E-state index in [9.17, 15) is 0 Å². The zero-order valence-corrected chi connectivity index (χ0v) is 14.5. The molecule has 0 saturated carbocycles. The molecule has 0 amide bonds. The Morgan fingerprint density at radius 1 is 0.960 bits per heavy atom. The molecule has 5 heteroatoms. The Balaban J connectivity index is 1.41. The Hall–Kier alpha value is -2.43. The fraction of sp³-hybridized carbons (Fsp3) is 0.200. The summed E-state index contributed by atoms with van der Waals surface area (Å²) >= 11 is 5.91. The first-order valence-corrected chi connectivity index (χ1v) is 8.71. The molecule has 0 fully saturated rings. The Morgan fingerprint density at radius 2 is 1.76 bits per heavy atom. The lowest BCUT2D eigenvalue weighted by Crippen LogP contribution is -2.28. The number of halogens is 1. The minimum atomic E-state index is 0.532. The van der Waals surface area contributed by atoms with Gasteiger partial charge in [-0.05, 0) is 41.8 Å². The SMILES string of the molecule is Clc1ccc(-c2nnc(CN3CC=C(c4ccccc4)CC3)o2)cc1. The predicted molar refractivity (Wildman–Crippen MR) is 99.1 cm³/mol. The van der Waals surface area contributed by atoms with Gasteiger partial charge >= 0.3 is 0 Å². The zero-order valence-electron chi connectivity index (χ0n) is 13.7. The monoisotopic (exact) mass is 351 g/mol. The third-order valence-electron chi connectivity index (χ3n) is 4.35. The van der Waals surface area contributed by atoms with Crippen molar-refractivity contribution in [1.82, 2.24) is 15.1 Å². The molecular weight excluding hydrogens is 334 g/mol. The molecule has 0 aliphatic carbocycles. The molecular formula is C20H18ClN3O. The molecule has 0 atom stereocenters. The van der Waals surface area contributed by atoms with Crippen LogP contribution in [-0.4, -0.2) is 28.2 Å². The number of aromatic nitrogens is 2. The largest absolute Gasteiger partial charge is 0.419 e. The molecule has 0 radical (unpaired) electrons. The maximum atomic E-state index is 5.91. The molecule has 1 aromatic heterocycles. The molecule has 2 aromatic carbocycles. The highest BCUT2D eigenvalue weighted by molar-refractivity contribution is 6.30. The Morgan fingerprint density at radius 3 is 2.48 bits per heavy atom. The van der Waals surface area contributed by atoms with Crippen LogP contribution in [0.4, 0.5) is 0 Å². The summed E-state index contributed by atoms with van der Waals surface area (Å²) in [4.78, 5) is 2.31. The van der Waals surface area contributed by atoms with Crippen LogP contribution in [0.3, 0.4) is 0 Å². The summed E-state index contributed by atoms with van der Waals surface area (Å²) in [5.41, 5.74) is 3.60.